The molecule has 0 aliphatic carbocycles. The van der Waals surface area contributed by atoms with Crippen molar-refractivity contribution in [2.75, 3.05) is 4.90 Å². The molecule has 0 aliphatic rings. The second-order valence-electron chi connectivity index (χ2n) is 14.7. The predicted molar refractivity (Wildman–Crippen MR) is 239 cm³/mol. The van der Waals surface area contributed by atoms with Crippen molar-refractivity contribution in [3.05, 3.63) is 218 Å². The zero-order valence-corrected chi connectivity index (χ0v) is 31.4. The summed E-state index contributed by atoms with van der Waals surface area (Å²) in [7, 11) is 0. The molecule has 0 bridgehead atoms. The van der Waals surface area contributed by atoms with Gasteiger partial charge in [0.25, 0.3) is 0 Å². The van der Waals surface area contributed by atoms with Gasteiger partial charge in [-0.2, -0.15) is 0 Å². The van der Waals surface area contributed by atoms with Crippen molar-refractivity contribution in [3.8, 4) is 39.1 Å². The summed E-state index contributed by atoms with van der Waals surface area (Å²) in [5.41, 5.74) is 14.7. The van der Waals surface area contributed by atoms with Crippen LogP contribution in [-0.4, -0.2) is 4.57 Å². The van der Waals surface area contributed by atoms with Crippen LogP contribution in [0.1, 0.15) is 0 Å². The zero-order chi connectivity index (χ0) is 38.6. The van der Waals surface area contributed by atoms with Crippen molar-refractivity contribution in [3.63, 3.8) is 0 Å². The van der Waals surface area contributed by atoms with E-state index in [4.69, 9.17) is 4.42 Å². The van der Waals surface area contributed by atoms with Gasteiger partial charge in [-0.15, -0.1) is 0 Å². The van der Waals surface area contributed by atoms with Crippen LogP contribution in [0.25, 0.3) is 82.8 Å². The van der Waals surface area contributed by atoms with Gasteiger partial charge >= 0.3 is 0 Å². The zero-order valence-electron chi connectivity index (χ0n) is 31.4. The lowest BCUT2D eigenvalue weighted by atomic mass is 10.0. The highest BCUT2D eigenvalue weighted by molar-refractivity contribution is 6.10. The van der Waals surface area contributed by atoms with Gasteiger partial charge < -0.3 is 13.9 Å². The van der Waals surface area contributed by atoms with Crippen LogP contribution in [-0.2, 0) is 0 Å². The highest BCUT2D eigenvalue weighted by Gasteiger charge is 2.17. The number of rotatable bonds is 7. The summed E-state index contributed by atoms with van der Waals surface area (Å²) in [6.45, 7) is 0. The van der Waals surface area contributed by atoms with Crippen LogP contribution in [0, 0.1) is 5.82 Å². The lowest BCUT2D eigenvalue weighted by Crippen LogP contribution is -2.10. The fourth-order valence-electron chi connectivity index (χ4n) is 8.50. The molecule has 0 atom stereocenters. The molecule has 0 amide bonds. The van der Waals surface area contributed by atoms with Crippen LogP contribution in [0.15, 0.2) is 217 Å². The van der Waals surface area contributed by atoms with Crippen LogP contribution in [0.2, 0.25) is 0 Å². The molecule has 0 saturated carbocycles. The third-order valence-electron chi connectivity index (χ3n) is 11.3. The van der Waals surface area contributed by atoms with E-state index < -0.39 is 0 Å². The molecule has 0 N–H and O–H groups in total. The van der Waals surface area contributed by atoms with Crippen LogP contribution in [0.4, 0.5) is 21.5 Å². The van der Waals surface area contributed by atoms with E-state index in [2.05, 4.69) is 173 Å². The maximum absolute atomic E-state index is 14.4. The number of nitrogens with zero attached hydrogens (tertiary/aromatic N) is 2. The molecule has 3 nitrogen and oxygen atoms in total. The summed E-state index contributed by atoms with van der Waals surface area (Å²) in [6.07, 6.45) is 0. The Hall–Kier alpha value is -7.69. The van der Waals surface area contributed by atoms with Gasteiger partial charge in [-0.1, -0.05) is 133 Å². The Morgan fingerprint density at radius 2 is 0.966 bits per heavy atom. The van der Waals surface area contributed by atoms with E-state index in [1.54, 1.807) is 6.07 Å². The summed E-state index contributed by atoms with van der Waals surface area (Å²) in [6, 6.07) is 73.2. The standard InChI is InChI=1S/C54H35FN2O/c55-41-26-33-52-50(35-41)47-14-4-6-18-51(47)57(52)44-29-22-38(23-30-44)40-12-8-13-45(34-40)56(42-27-20-37(21-28-42)36-10-2-1-3-11-36)43-31-24-39(25-32-43)46-16-9-17-49-48-15-5-7-19-53(48)58-54(46)49/h1-35H. The first-order chi connectivity index (χ1) is 28.7. The molecule has 0 radical (unpaired) electrons. The van der Waals surface area contributed by atoms with E-state index in [1.165, 1.54) is 17.2 Å². The molecule has 0 saturated heterocycles. The Morgan fingerprint density at radius 3 is 1.76 bits per heavy atom. The third-order valence-corrected chi connectivity index (χ3v) is 11.3. The minimum atomic E-state index is -0.233. The summed E-state index contributed by atoms with van der Waals surface area (Å²) in [5, 5.41) is 4.18. The summed E-state index contributed by atoms with van der Waals surface area (Å²) in [4.78, 5) is 2.31. The molecular formula is C54H35FN2O. The largest absolute Gasteiger partial charge is 0.455 e. The third kappa shape index (κ3) is 5.74. The van der Waals surface area contributed by atoms with Gasteiger partial charge in [-0.25, -0.2) is 4.39 Å². The lowest BCUT2D eigenvalue weighted by Gasteiger charge is -2.26. The van der Waals surface area contributed by atoms with E-state index in [9.17, 15) is 4.39 Å². The average molecular weight is 747 g/mol. The van der Waals surface area contributed by atoms with Gasteiger partial charge in [0, 0.05) is 49.9 Å². The van der Waals surface area contributed by atoms with Crippen molar-refractivity contribution in [1.82, 2.24) is 4.57 Å². The van der Waals surface area contributed by atoms with Gasteiger partial charge in [0.2, 0.25) is 0 Å². The number of hydrogen-bond donors (Lipinski definition) is 0. The number of halogens is 1. The summed E-state index contributed by atoms with van der Waals surface area (Å²) in [5.74, 6) is -0.233. The predicted octanol–water partition coefficient (Wildman–Crippen LogP) is 15.3. The highest BCUT2D eigenvalue weighted by Crippen LogP contribution is 2.41. The number of para-hydroxylation sites is 3. The van der Waals surface area contributed by atoms with Gasteiger partial charge in [0.05, 0.1) is 11.0 Å². The summed E-state index contributed by atoms with van der Waals surface area (Å²) >= 11 is 0. The Kier molecular flexibility index (Phi) is 8.00. The maximum Gasteiger partial charge on any atom is 0.143 e. The van der Waals surface area contributed by atoms with Crippen LogP contribution in [0.5, 0.6) is 0 Å². The summed E-state index contributed by atoms with van der Waals surface area (Å²) < 4.78 is 23.0. The van der Waals surface area contributed by atoms with E-state index >= 15 is 0 Å². The minimum absolute atomic E-state index is 0.233. The van der Waals surface area contributed by atoms with Crippen molar-refractivity contribution in [2.24, 2.45) is 0 Å². The Morgan fingerprint density at radius 1 is 0.379 bits per heavy atom. The molecule has 0 aliphatic heterocycles. The molecule has 4 heteroatoms. The minimum Gasteiger partial charge on any atom is -0.455 e. The number of benzene rings is 9. The fraction of sp³-hybridized carbons (Fsp3) is 0. The quantitative estimate of drug-likeness (QED) is 0.162. The van der Waals surface area contributed by atoms with E-state index in [1.807, 2.05) is 36.4 Å². The molecule has 11 aromatic rings. The first-order valence-corrected chi connectivity index (χ1v) is 19.5. The fourth-order valence-corrected chi connectivity index (χ4v) is 8.50. The second-order valence-corrected chi connectivity index (χ2v) is 14.7. The normalized spacial score (nSPS) is 11.5. The molecule has 11 rings (SSSR count). The van der Waals surface area contributed by atoms with E-state index in [-0.39, 0.29) is 5.82 Å². The van der Waals surface area contributed by atoms with Crippen LogP contribution in [0.3, 0.4) is 0 Å². The molecule has 274 valence electrons. The number of furan rings is 1. The second kappa shape index (κ2) is 13.8. The molecule has 0 unspecified atom stereocenters. The van der Waals surface area contributed by atoms with Crippen molar-refractivity contribution in [1.29, 1.82) is 0 Å². The smallest absolute Gasteiger partial charge is 0.143 e. The first kappa shape index (κ1) is 33.6. The van der Waals surface area contributed by atoms with Crippen molar-refractivity contribution >= 4 is 60.8 Å². The number of fused-ring (bicyclic) bond motifs is 6. The van der Waals surface area contributed by atoms with Crippen LogP contribution >= 0.6 is 0 Å². The Labute approximate surface area is 335 Å². The van der Waals surface area contributed by atoms with Gasteiger partial charge in [-0.3, -0.25) is 0 Å². The number of aromatic nitrogens is 1. The monoisotopic (exact) mass is 746 g/mol. The molecule has 2 aromatic heterocycles. The van der Waals surface area contributed by atoms with E-state index in [0.717, 1.165) is 88.7 Å². The SMILES string of the molecule is Fc1ccc2c(c1)c1ccccc1n2-c1ccc(-c2cccc(N(c3ccc(-c4ccccc4)cc3)c3ccc(-c4cccc5c4oc4ccccc45)cc3)c2)cc1. The van der Waals surface area contributed by atoms with E-state index in [0.29, 0.717) is 0 Å². The number of hydrogen-bond acceptors (Lipinski definition) is 2. The molecule has 0 fully saturated rings. The average Bonchev–Trinajstić information content (AvgIpc) is 3.83. The topological polar surface area (TPSA) is 21.3 Å². The molecule has 9 aromatic carbocycles. The van der Waals surface area contributed by atoms with Gasteiger partial charge in [0.1, 0.15) is 17.0 Å². The first-order valence-electron chi connectivity index (χ1n) is 19.5. The lowest BCUT2D eigenvalue weighted by molar-refractivity contribution is 0.629. The van der Waals surface area contributed by atoms with Crippen molar-refractivity contribution < 1.29 is 8.81 Å². The Balaban J connectivity index is 0.981. The molecule has 2 heterocycles. The van der Waals surface area contributed by atoms with Gasteiger partial charge in [-0.05, 0) is 107 Å². The molecular weight excluding hydrogens is 712 g/mol. The number of anilines is 3. The van der Waals surface area contributed by atoms with Crippen LogP contribution < -0.4 is 4.90 Å². The van der Waals surface area contributed by atoms with Gasteiger partial charge in [0.15, 0.2) is 0 Å². The Bertz CT molecular complexity index is 3270. The maximum atomic E-state index is 14.4. The molecule has 58 heavy (non-hydrogen) atoms. The van der Waals surface area contributed by atoms with Crippen molar-refractivity contribution in [2.45, 2.75) is 0 Å². The molecule has 0 spiro atoms. The highest BCUT2D eigenvalue weighted by atomic mass is 19.1.